The first-order valence-corrected chi connectivity index (χ1v) is 10.6. The van der Waals surface area contributed by atoms with Gasteiger partial charge in [0.2, 0.25) is 0 Å². The number of nitrogens with one attached hydrogen (secondary N) is 1. The summed E-state index contributed by atoms with van der Waals surface area (Å²) in [5.41, 5.74) is 3.40. The number of amides is 1. The third-order valence-corrected chi connectivity index (χ3v) is 5.89. The van der Waals surface area contributed by atoms with Crippen molar-refractivity contribution in [1.29, 1.82) is 0 Å². The number of rotatable bonds is 5. The first kappa shape index (κ1) is 19.0. The zero-order valence-corrected chi connectivity index (χ0v) is 17.3. The lowest BCUT2D eigenvalue weighted by Gasteiger charge is -2.25. The molecule has 1 amide bonds. The van der Waals surface area contributed by atoms with Crippen LogP contribution in [0.4, 0.5) is 5.13 Å². The van der Waals surface area contributed by atoms with Crippen molar-refractivity contribution in [1.82, 2.24) is 20.0 Å². The van der Waals surface area contributed by atoms with Crippen molar-refractivity contribution in [2.24, 2.45) is 0 Å². The van der Waals surface area contributed by atoms with Crippen molar-refractivity contribution >= 4 is 33.5 Å². The quantitative estimate of drug-likeness (QED) is 0.687. The van der Waals surface area contributed by atoms with Gasteiger partial charge in [0.15, 0.2) is 5.13 Å². The van der Waals surface area contributed by atoms with Crippen LogP contribution in [0, 0.1) is 6.92 Å². The number of nitrogens with zero attached hydrogens (tertiary/aromatic N) is 4. The van der Waals surface area contributed by atoms with Crippen molar-refractivity contribution in [3.63, 3.8) is 0 Å². The highest BCUT2D eigenvalue weighted by Gasteiger charge is 2.21. The lowest BCUT2D eigenvalue weighted by Crippen LogP contribution is -2.29. The fourth-order valence-electron chi connectivity index (χ4n) is 3.54. The molecule has 0 aromatic carbocycles. The molecule has 0 bridgehead atoms. The summed E-state index contributed by atoms with van der Waals surface area (Å²) < 4.78 is 5.31. The normalized spacial score (nSPS) is 15.4. The van der Waals surface area contributed by atoms with Crippen LogP contribution in [0.1, 0.15) is 66.5 Å². The van der Waals surface area contributed by atoms with Crippen LogP contribution in [0.15, 0.2) is 16.0 Å². The second-order valence-electron chi connectivity index (χ2n) is 7.63. The van der Waals surface area contributed by atoms with E-state index in [1.54, 1.807) is 0 Å². The minimum atomic E-state index is -0.209. The predicted octanol–water partition coefficient (Wildman–Crippen LogP) is 4.35. The Morgan fingerprint density at radius 2 is 2.07 bits per heavy atom. The van der Waals surface area contributed by atoms with Crippen molar-refractivity contribution in [3.8, 4) is 0 Å². The summed E-state index contributed by atoms with van der Waals surface area (Å²) in [5.74, 6) is -0.0307. The smallest absolute Gasteiger partial charge is 0.259 e. The average Bonchev–Trinajstić information content (AvgIpc) is 3.28. The molecular formula is C20H25N5O2S. The number of carbonyl (C=O) groups excluding carboxylic acids is 1. The number of hydrogen-bond donors (Lipinski definition) is 1. The third kappa shape index (κ3) is 3.93. The first-order chi connectivity index (χ1) is 13.5. The average molecular weight is 400 g/mol. The molecule has 4 rings (SSSR count). The maximum atomic E-state index is 13.0. The van der Waals surface area contributed by atoms with E-state index < -0.39 is 0 Å². The van der Waals surface area contributed by atoms with E-state index in [0.29, 0.717) is 27.5 Å². The second kappa shape index (κ2) is 7.97. The van der Waals surface area contributed by atoms with Crippen LogP contribution in [-0.4, -0.2) is 39.0 Å². The van der Waals surface area contributed by atoms with E-state index in [-0.39, 0.29) is 11.8 Å². The summed E-state index contributed by atoms with van der Waals surface area (Å²) in [6.07, 6.45) is 3.82. The molecule has 1 aliphatic heterocycles. The van der Waals surface area contributed by atoms with Crippen molar-refractivity contribution in [2.75, 3.05) is 18.4 Å². The number of aryl methyl sites for hydroxylation is 1. The van der Waals surface area contributed by atoms with Gasteiger partial charge in [-0.15, -0.1) is 11.3 Å². The van der Waals surface area contributed by atoms with E-state index >= 15 is 0 Å². The monoisotopic (exact) mass is 399 g/mol. The summed E-state index contributed by atoms with van der Waals surface area (Å²) in [7, 11) is 0. The van der Waals surface area contributed by atoms with Crippen LogP contribution in [-0.2, 0) is 6.54 Å². The van der Waals surface area contributed by atoms with Crippen LogP contribution >= 0.6 is 11.3 Å². The van der Waals surface area contributed by atoms with Crippen LogP contribution in [0.2, 0.25) is 0 Å². The molecule has 3 aromatic rings. The molecule has 0 unspecified atom stereocenters. The van der Waals surface area contributed by atoms with Crippen LogP contribution in [0.5, 0.6) is 0 Å². The number of hydrogen-bond acceptors (Lipinski definition) is 7. The van der Waals surface area contributed by atoms with Crippen LogP contribution in [0.25, 0.3) is 11.1 Å². The molecule has 7 nitrogen and oxygen atoms in total. The largest absolute Gasteiger partial charge is 0.336 e. The molecule has 28 heavy (non-hydrogen) atoms. The zero-order chi connectivity index (χ0) is 19.7. The highest BCUT2D eigenvalue weighted by Crippen LogP contribution is 2.26. The molecular weight excluding hydrogens is 374 g/mol. The molecule has 0 spiro atoms. The predicted molar refractivity (Wildman–Crippen MR) is 110 cm³/mol. The van der Waals surface area contributed by atoms with Gasteiger partial charge in [-0.2, -0.15) is 0 Å². The Kier molecular flexibility index (Phi) is 5.41. The number of aromatic nitrogens is 3. The van der Waals surface area contributed by atoms with Crippen LogP contribution < -0.4 is 5.32 Å². The highest BCUT2D eigenvalue weighted by atomic mass is 32.1. The molecule has 0 radical (unpaired) electrons. The van der Waals surface area contributed by atoms with E-state index in [9.17, 15) is 4.79 Å². The van der Waals surface area contributed by atoms with Crippen molar-refractivity contribution in [2.45, 2.75) is 52.5 Å². The number of anilines is 1. The number of piperidine rings is 1. The number of pyridine rings is 1. The summed E-state index contributed by atoms with van der Waals surface area (Å²) in [4.78, 5) is 24.5. The van der Waals surface area contributed by atoms with Gasteiger partial charge in [0.05, 0.1) is 22.3 Å². The second-order valence-corrected chi connectivity index (χ2v) is 8.49. The van der Waals surface area contributed by atoms with Gasteiger partial charge < -0.3 is 4.52 Å². The van der Waals surface area contributed by atoms with E-state index in [1.807, 2.05) is 32.2 Å². The van der Waals surface area contributed by atoms with Gasteiger partial charge in [0.1, 0.15) is 0 Å². The molecule has 3 aromatic heterocycles. The lowest BCUT2D eigenvalue weighted by molar-refractivity contribution is 0.102. The third-order valence-electron chi connectivity index (χ3n) is 5.08. The summed E-state index contributed by atoms with van der Waals surface area (Å²) in [6, 6.07) is 1.83. The molecule has 8 heteroatoms. The Morgan fingerprint density at radius 3 is 2.82 bits per heavy atom. The lowest BCUT2D eigenvalue weighted by atomic mass is 10.0. The van der Waals surface area contributed by atoms with Gasteiger partial charge in [-0.25, -0.2) is 9.97 Å². The highest BCUT2D eigenvalue weighted by molar-refractivity contribution is 7.14. The van der Waals surface area contributed by atoms with Gasteiger partial charge in [0.25, 0.3) is 11.6 Å². The molecule has 1 saturated heterocycles. The fourth-order valence-corrected chi connectivity index (χ4v) is 4.23. The van der Waals surface area contributed by atoms with Gasteiger partial charge >= 0.3 is 0 Å². The molecule has 1 aliphatic rings. The van der Waals surface area contributed by atoms with Gasteiger partial charge in [-0.3, -0.25) is 15.0 Å². The Hall–Kier alpha value is -2.32. The van der Waals surface area contributed by atoms with E-state index in [1.165, 1.54) is 30.6 Å². The first-order valence-electron chi connectivity index (χ1n) is 9.76. The molecule has 0 aliphatic carbocycles. The summed E-state index contributed by atoms with van der Waals surface area (Å²) in [5, 5.41) is 10.2. The van der Waals surface area contributed by atoms with Gasteiger partial charge in [-0.1, -0.05) is 25.4 Å². The Morgan fingerprint density at radius 1 is 1.29 bits per heavy atom. The Balaban J connectivity index is 1.54. The molecule has 0 atom stereocenters. The maximum absolute atomic E-state index is 13.0. The van der Waals surface area contributed by atoms with Gasteiger partial charge in [0, 0.05) is 17.6 Å². The number of fused-ring (bicyclic) bond motifs is 1. The summed E-state index contributed by atoms with van der Waals surface area (Å²) in [6.45, 7) is 8.98. The maximum Gasteiger partial charge on any atom is 0.259 e. The fraction of sp³-hybridized carbons (Fsp3) is 0.500. The zero-order valence-electron chi connectivity index (χ0n) is 16.5. The molecule has 4 heterocycles. The topological polar surface area (TPSA) is 84.1 Å². The Labute approximate surface area is 168 Å². The van der Waals surface area contributed by atoms with Crippen molar-refractivity contribution in [3.05, 3.63) is 34.1 Å². The molecule has 0 saturated carbocycles. The standard InChI is InChI=1S/C20H25N5O2S/c1-12(2)16-9-15(17-13(3)24-27-19(17)22-16)18(26)23-20-21-14(11-28-20)10-25-7-5-4-6-8-25/h9,11-12H,4-8,10H2,1-3H3,(H,21,23,26). The number of likely N-dealkylation sites (tertiary alicyclic amines) is 1. The summed E-state index contributed by atoms with van der Waals surface area (Å²) >= 11 is 1.46. The van der Waals surface area contributed by atoms with E-state index in [2.05, 4.69) is 25.3 Å². The SMILES string of the molecule is Cc1noc2nc(C(C)C)cc(C(=O)Nc3nc(CN4CCCCC4)cs3)c12. The number of thiazole rings is 1. The van der Waals surface area contributed by atoms with E-state index in [0.717, 1.165) is 31.0 Å². The molecule has 148 valence electrons. The van der Waals surface area contributed by atoms with Crippen LogP contribution in [0.3, 0.4) is 0 Å². The van der Waals surface area contributed by atoms with Gasteiger partial charge in [-0.05, 0) is 44.8 Å². The Bertz CT molecular complexity index is 988. The number of carbonyl (C=O) groups is 1. The van der Waals surface area contributed by atoms with E-state index in [4.69, 9.17) is 4.52 Å². The minimum Gasteiger partial charge on any atom is -0.336 e. The molecule has 1 fully saturated rings. The molecule has 1 N–H and O–H groups in total. The minimum absolute atomic E-state index is 0.178. The van der Waals surface area contributed by atoms with Crippen molar-refractivity contribution < 1.29 is 9.32 Å².